The van der Waals surface area contributed by atoms with Crippen molar-refractivity contribution >= 4 is 17.7 Å². The number of likely N-dealkylation sites (tertiary alicyclic amines) is 1. The molecule has 3 rings (SSSR count). The molecule has 0 bridgehead atoms. The van der Waals surface area contributed by atoms with Crippen LogP contribution in [0, 0.1) is 5.92 Å². The third-order valence-corrected chi connectivity index (χ3v) is 7.03. The maximum Gasteiger partial charge on any atom is 0.255 e. The van der Waals surface area contributed by atoms with Crippen molar-refractivity contribution in [3.8, 4) is 5.75 Å². The zero-order valence-electron chi connectivity index (χ0n) is 24.6. The van der Waals surface area contributed by atoms with Crippen LogP contribution in [-0.4, -0.2) is 64.2 Å². The Morgan fingerprint density at radius 2 is 1.87 bits per heavy atom. The standard InChI is InChI=1S/C30H44N4O5/c1-19(2)16-22(28(36)34-15-11-13-23(34)29(37)33(8)20(3)4)32-27(35)21-12-9-10-14-24(21)38-18-26-31-17-25(39-26)30(5,6)7/h9-10,12,14,17,19-20,22-23H,11,13,15-16,18H2,1-8H3,(H,32,35). The van der Waals surface area contributed by atoms with E-state index in [1.807, 2.05) is 48.5 Å². The van der Waals surface area contributed by atoms with Gasteiger partial charge >= 0.3 is 0 Å². The van der Waals surface area contributed by atoms with E-state index in [0.29, 0.717) is 36.6 Å². The van der Waals surface area contributed by atoms with Gasteiger partial charge in [0, 0.05) is 25.0 Å². The SMILES string of the molecule is CC(C)CC(NC(=O)c1ccccc1OCc1ncc(C(C)(C)C)o1)C(=O)N1CCCC1C(=O)N(C)C(C)C. The molecule has 9 nitrogen and oxygen atoms in total. The predicted molar refractivity (Wildman–Crippen MR) is 149 cm³/mol. The molecule has 2 atom stereocenters. The van der Waals surface area contributed by atoms with E-state index in [0.717, 1.165) is 12.2 Å². The van der Waals surface area contributed by atoms with E-state index in [1.54, 1.807) is 47.3 Å². The number of para-hydroxylation sites is 1. The largest absolute Gasteiger partial charge is 0.483 e. The maximum absolute atomic E-state index is 13.7. The number of ether oxygens (including phenoxy) is 1. The highest BCUT2D eigenvalue weighted by molar-refractivity contribution is 6.00. The number of carbonyl (C=O) groups is 3. The molecule has 2 heterocycles. The van der Waals surface area contributed by atoms with Gasteiger partial charge in [-0.15, -0.1) is 0 Å². The summed E-state index contributed by atoms with van der Waals surface area (Å²) in [4.78, 5) is 47.9. The average molecular weight is 541 g/mol. The van der Waals surface area contributed by atoms with E-state index >= 15 is 0 Å². The number of amides is 3. The number of nitrogens with zero attached hydrogens (tertiary/aromatic N) is 3. The van der Waals surface area contributed by atoms with Gasteiger partial charge in [0.15, 0.2) is 6.61 Å². The quantitative estimate of drug-likeness (QED) is 0.474. The predicted octanol–water partition coefficient (Wildman–Crippen LogP) is 4.55. The number of carbonyl (C=O) groups excluding carboxylic acids is 3. The van der Waals surface area contributed by atoms with E-state index in [-0.39, 0.29) is 35.8 Å². The summed E-state index contributed by atoms with van der Waals surface area (Å²) >= 11 is 0. The van der Waals surface area contributed by atoms with Crippen LogP contribution >= 0.6 is 0 Å². The van der Waals surface area contributed by atoms with Gasteiger partial charge in [0.1, 0.15) is 23.6 Å². The van der Waals surface area contributed by atoms with Crippen molar-refractivity contribution in [2.75, 3.05) is 13.6 Å². The molecular formula is C30H44N4O5. The molecule has 3 amide bonds. The number of benzene rings is 1. The molecular weight excluding hydrogens is 496 g/mol. The molecule has 2 aromatic rings. The van der Waals surface area contributed by atoms with Gasteiger partial charge < -0.3 is 24.3 Å². The van der Waals surface area contributed by atoms with Crippen LogP contribution in [0.2, 0.25) is 0 Å². The second-order valence-corrected chi connectivity index (χ2v) is 12.0. The minimum absolute atomic E-state index is 0.0362. The van der Waals surface area contributed by atoms with Crippen LogP contribution in [-0.2, 0) is 21.6 Å². The fraction of sp³-hybridized carbons (Fsp3) is 0.600. The van der Waals surface area contributed by atoms with Crippen LogP contribution in [0.1, 0.15) is 89.7 Å². The summed E-state index contributed by atoms with van der Waals surface area (Å²) in [5, 5.41) is 2.94. The molecule has 9 heteroatoms. The lowest BCUT2D eigenvalue weighted by Gasteiger charge is -2.32. The van der Waals surface area contributed by atoms with Gasteiger partial charge in [-0.25, -0.2) is 4.98 Å². The summed E-state index contributed by atoms with van der Waals surface area (Å²) in [6.07, 6.45) is 3.52. The normalized spacial score (nSPS) is 16.5. The highest BCUT2D eigenvalue weighted by atomic mass is 16.5. The summed E-state index contributed by atoms with van der Waals surface area (Å²) < 4.78 is 11.7. The van der Waals surface area contributed by atoms with E-state index < -0.39 is 18.0 Å². The van der Waals surface area contributed by atoms with Gasteiger partial charge in [-0.1, -0.05) is 46.8 Å². The summed E-state index contributed by atoms with van der Waals surface area (Å²) in [6, 6.07) is 5.67. The van der Waals surface area contributed by atoms with Crippen LogP contribution in [0.5, 0.6) is 5.75 Å². The zero-order chi connectivity index (χ0) is 28.9. The highest BCUT2D eigenvalue weighted by Gasteiger charge is 2.39. The van der Waals surface area contributed by atoms with E-state index in [1.165, 1.54) is 0 Å². The molecule has 1 aromatic heterocycles. The van der Waals surface area contributed by atoms with E-state index in [9.17, 15) is 14.4 Å². The van der Waals surface area contributed by atoms with Crippen LogP contribution in [0.3, 0.4) is 0 Å². The number of hydrogen-bond acceptors (Lipinski definition) is 6. The van der Waals surface area contributed by atoms with Crippen molar-refractivity contribution in [3.05, 3.63) is 47.7 Å². The molecule has 0 aliphatic carbocycles. The second kappa shape index (κ2) is 12.7. The number of rotatable bonds is 10. The molecule has 0 radical (unpaired) electrons. The topological polar surface area (TPSA) is 105 Å². The second-order valence-electron chi connectivity index (χ2n) is 12.0. The molecule has 214 valence electrons. The van der Waals surface area contributed by atoms with Crippen molar-refractivity contribution in [2.45, 2.75) is 97.9 Å². The van der Waals surface area contributed by atoms with Gasteiger partial charge in [-0.05, 0) is 51.2 Å². The van der Waals surface area contributed by atoms with E-state index in [4.69, 9.17) is 9.15 Å². The Kier molecular flexibility index (Phi) is 9.80. The number of aromatic nitrogens is 1. The highest BCUT2D eigenvalue weighted by Crippen LogP contribution is 2.26. The molecule has 0 spiro atoms. The minimum Gasteiger partial charge on any atom is -0.483 e. The summed E-state index contributed by atoms with van der Waals surface area (Å²) in [5.41, 5.74) is 0.139. The van der Waals surface area contributed by atoms with E-state index in [2.05, 4.69) is 10.3 Å². The first kappa shape index (κ1) is 30.2. The third-order valence-electron chi connectivity index (χ3n) is 7.03. The minimum atomic E-state index is -0.760. The maximum atomic E-state index is 13.7. The molecule has 1 aliphatic rings. The molecule has 1 saturated heterocycles. The van der Waals surface area contributed by atoms with Gasteiger partial charge in [0.05, 0.1) is 11.8 Å². The van der Waals surface area contributed by atoms with Crippen molar-refractivity contribution in [3.63, 3.8) is 0 Å². The molecule has 1 N–H and O–H groups in total. The van der Waals surface area contributed by atoms with Crippen LogP contribution < -0.4 is 10.1 Å². The lowest BCUT2D eigenvalue weighted by Crippen LogP contribution is -2.54. The van der Waals surface area contributed by atoms with Crippen molar-refractivity contribution in [1.82, 2.24) is 20.1 Å². The third kappa shape index (κ3) is 7.61. The Morgan fingerprint density at radius 3 is 2.49 bits per heavy atom. The van der Waals surface area contributed by atoms with Crippen molar-refractivity contribution < 1.29 is 23.5 Å². The zero-order valence-corrected chi connectivity index (χ0v) is 24.6. The van der Waals surface area contributed by atoms with Crippen LogP contribution in [0.15, 0.2) is 34.9 Å². The van der Waals surface area contributed by atoms with Crippen LogP contribution in [0.25, 0.3) is 0 Å². The number of oxazole rings is 1. The lowest BCUT2D eigenvalue weighted by atomic mass is 9.94. The molecule has 1 aliphatic heterocycles. The summed E-state index contributed by atoms with van der Waals surface area (Å²) in [7, 11) is 1.76. The van der Waals surface area contributed by atoms with Gasteiger partial charge in [0.2, 0.25) is 17.7 Å². The molecule has 39 heavy (non-hydrogen) atoms. The number of likely N-dealkylation sites (N-methyl/N-ethyl adjacent to an activating group) is 1. The first-order chi connectivity index (χ1) is 18.3. The Morgan fingerprint density at radius 1 is 1.18 bits per heavy atom. The first-order valence-corrected chi connectivity index (χ1v) is 13.8. The van der Waals surface area contributed by atoms with Gasteiger partial charge in [-0.2, -0.15) is 0 Å². The summed E-state index contributed by atoms with van der Waals surface area (Å²) in [5.74, 6) is 0.994. The Bertz CT molecular complexity index is 1150. The first-order valence-electron chi connectivity index (χ1n) is 13.8. The molecule has 1 fully saturated rings. The van der Waals surface area contributed by atoms with Gasteiger partial charge in [0.25, 0.3) is 5.91 Å². The Balaban J connectivity index is 1.75. The molecule has 2 unspecified atom stereocenters. The Hall–Kier alpha value is -3.36. The smallest absolute Gasteiger partial charge is 0.255 e. The average Bonchev–Trinajstić information content (AvgIpc) is 3.55. The molecule has 1 aromatic carbocycles. The van der Waals surface area contributed by atoms with Gasteiger partial charge in [-0.3, -0.25) is 14.4 Å². The summed E-state index contributed by atoms with van der Waals surface area (Å²) in [6.45, 7) is 14.6. The number of nitrogens with one attached hydrogen (secondary N) is 1. The van der Waals surface area contributed by atoms with Crippen molar-refractivity contribution in [1.29, 1.82) is 0 Å². The van der Waals surface area contributed by atoms with Crippen molar-refractivity contribution in [2.24, 2.45) is 5.92 Å². The lowest BCUT2D eigenvalue weighted by molar-refractivity contribution is -0.145. The number of hydrogen-bond donors (Lipinski definition) is 1. The Labute approximate surface area is 232 Å². The van der Waals surface area contributed by atoms with Crippen LogP contribution in [0.4, 0.5) is 0 Å². The monoisotopic (exact) mass is 540 g/mol. The molecule has 0 saturated carbocycles. The fourth-order valence-electron chi connectivity index (χ4n) is 4.55. The fourth-order valence-corrected chi connectivity index (χ4v) is 4.55.